The molecule has 2 aromatic heterocycles. The smallest absolute Gasteiger partial charge is 0.377 e. The highest BCUT2D eigenvalue weighted by Crippen LogP contribution is 2.48. The van der Waals surface area contributed by atoms with Gasteiger partial charge in [-0.15, -0.1) is 0 Å². The summed E-state index contributed by atoms with van der Waals surface area (Å²) in [6.07, 6.45) is -7.44. The van der Waals surface area contributed by atoms with Gasteiger partial charge in [0.25, 0.3) is 11.8 Å². The maximum atomic E-state index is 16.8. The molecular formula is C52H51F7N6O4. The summed E-state index contributed by atoms with van der Waals surface area (Å²) in [5.41, 5.74) is 1.51. The minimum absolute atomic E-state index is 0.0569. The van der Waals surface area contributed by atoms with E-state index in [1.54, 1.807) is 66.7 Å². The number of hydrogen-bond donors (Lipinski definition) is 3. The molecule has 10 nitrogen and oxygen atoms in total. The quantitative estimate of drug-likeness (QED) is 0.0821. The highest BCUT2D eigenvalue weighted by atomic mass is 19.4. The van der Waals surface area contributed by atoms with Crippen LogP contribution >= 0.6 is 0 Å². The van der Waals surface area contributed by atoms with Gasteiger partial charge in [0.1, 0.15) is 17.2 Å². The summed E-state index contributed by atoms with van der Waals surface area (Å²) in [6, 6.07) is 26.8. The molecule has 0 radical (unpaired) electrons. The summed E-state index contributed by atoms with van der Waals surface area (Å²) in [5.74, 6) is -2.74. The Hall–Kier alpha value is -6.53. The Morgan fingerprint density at radius 2 is 1.13 bits per heavy atom. The van der Waals surface area contributed by atoms with Gasteiger partial charge in [-0.1, -0.05) is 66.7 Å². The molecule has 4 N–H and O–H groups in total. The molecule has 69 heavy (non-hydrogen) atoms. The van der Waals surface area contributed by atoms with Gasteiger partial charge in [-0.25, -0.2) is 4.39 Å². The Morgan fingerprint density at radius 1 is 0.652 bits per heavy atom. The van der Waals surface area contributed by atoms with Crippen LogP contribution in [0.5, 0.6) is 0 Å². The number of aliphatic hydroxyl groups is 1. The first kappa shape index (κ1) is 50.3. The molecule has 0 spiro atoms. The molecule has 6 aromatic rings. The fourth-order valence-electron chi connectivity index (χ4n) is 8.41. The minimum Gasteiger partial charge on any atom is -0.377 e. The fourth-order valence-corrected chi connectivity index (χ4v) is 8.41. The summed E-state index contributed by atoms with van der Waals surface area (Å²) in [6.45, 7) is 6.51. The van der Waals surface area contributed by atoms with Crippen LogP contribution in [0.4, 0.5) is 42.1 Å². The van der Waals surface area contributed by atoms with Crippen molar-refractivity contribution in [3.05, 3.63) is 189 Å². The summed E-state index contributed by atoms with van der Waals surface area (Å²) in [5, 5.41) is 17.8. The van der Waals surface area contributed by atoms with Crippen molar-refractivity contribution < 1.29 is 50.2 Å². The first-order chi connectivity index (χ1) is 32.6. The SMILES string of the molecule is Cc1ccc(N(CCc2ccc(C(F)(F)F)nc2)C(=O)[C@](O)(c2ccc(F)cc2)[C@](NC2(CN)COC2)(C(=O)N(CCc2ccc(C(F)(F)F)nc2)c2ccc(C)c(C)c2)c2ccccc2)cc1C. The van der Waals surface area contributed by atoms with E-state index in [0.29, 0.717) is 16.8 Å². The zero-order chi connectivity index (χ0) is 49.9. The van der Waals surface area contributed by atoms with Gasteiger partial charge in [0.2, 0.25) is 5.60 Å². The van der Waals surface area contributed by atoms with Crippen LogP contribution in [0.3, 0.4) is 0 Å². The van der Waals surface area contributed by atoms with Crippen molar-refractivity contribution in [2.75, 3.05) is 42.6 Å². The number of nitrogens with two attached hydrogens (primary N) is 1. The predicted molar refractivity (Wildman–Crippen MR) is 247 cm³/mol. The summed E-state index contributed by atoms with van der Waals surface area (Å²) in [7, 11) is 0. The number of pyridine rings is 2. The number of rotatable bonds is 16. The topological polar surface area (TPSA) is 134 Å². The maximum absolute atomic E-state index is 16.8. The molecule has 17 heteroatoms. The molecule has 1 aliphatic rings. The second-order valence-electron chi connectivity index (χ2n) is 17.5. The van der Waals surface area contributed by atoms with Crippen molar-refractivity contribution >= 4 is 23.2 Å². The minimum atomic E-state index is -4.71. The molecule has 3 heterocycles. The average Bonchev–Trinajstić information content (AvgIpc) is 3.31. The number of hydrogen-bond acceptors (Lipinski definition) is 8. The second-order valence-corrected chi connectivity index (χ2v) is 17.5. The molecule has 1 fully saturated rings. The molecule has 2 atom stereocenters. The van der Waals surface area contributed by atoms with Crippen molar-refractivity contribution in [3.63, 3.8) is 0 Å². The van der Waals surface area contributed by atoms with Crippen LogP contribution in [0.2, 0.25) is 0 Å². The second kappa shape index (κ2) is 19.8. The summed E-state index contributed by atoms with van der Waals surface area (Å²) >= 11 is 0. The molecular weight excluding hydrogens is 906 g/mol. The zero-order valence-electron chi connectivity index (χ0n) is 38.3. The first-order valence-corrected chi connectivity index (χ1v) is 22.1. The van der Waals surface area contributed by atoms with Crippen LogP contribution in [-0.2, 0) is 50.7 Å². The van der Waals surface area contributed by atoms with Gasteiger partial charge < -0.3 is 25.4 Å². The number of nitrogens with one attached hydrogen (secondary N) is 1. The molecule has 7 rings (SSSR count). The molecule has 362 valence electrons. The van der Waals surface area contributed by atoms with Gasteiger partial charge >= 0.3 is 12.4 Å². The highest BCUT2D eigenvalue weighted by Gasteiger charge is 2.67. The molecule has 1 aliphatic heterocycles. The molecule has 4 aromatic carbocycles. The van der Waals surface area contributed by atoms with E-state index in [2.05, 4.69) is 15.3 Å². The average molecular weight is 957 g/mol. The molecule has 2 amide bonds. The number of ether oxygens (including phenoxy) is 1. The number of benzene rings is 4. The van der Waals surface area contributed by atoms with Crippen LogP contribution in [-0.4, -0.2) is 65.3 Å². The Morgan fingerprint density at radius 3 is 1.52 bits per heavy atom. The van der Waals surface area contributed by atoms with E-state index in [4.69, 9.17) is 10.5 Å². The Labute approximate surface area is 395 Å². The van der Waals surface area contributed by atoms with Crippen LogP contribution in [0.15, 0.2) is 128 Å². The summed E-state index contributed by atoms with van der Waals surface area (Å²) < 4.78 is 102. The number of carbonyl (C=O) groups excluding carboxylic acids is 2. The predicted octanol–water partition coefficient (Wildman–Crippen LogP) is 8.84. The van der Waals surface area contributed by atoms with E-state index < -0.39 is 58.1 Å². The Bertz CT molecular complexity index is 2760. The molecule has 0 bridgehead atoms. The first-order valence-electron chi connectivity index (χ1n) is 22.1. The number of nitrogens with zero attached hydrogens (tertiary/aromatic N) is 4. The van der Waals surface area contributed by atoms with E-state index in [1.807, 2.05) is 27.7 Å². The lowest BCUT2D eigenvalue weighted by Gasteiger charge is -2.55. The van der Waals surface area contributed by atoms with E-state index in [1.165, 1.54) is 34.1 Å². The molecule has 1 saturated heterocycles. The third kappa shape index (κ3) is 10.3. The van der Waals surface area contributed by atoms with Gasteiger partial charge in [0.15, 0.2) is 5.54 Å². The Kier molecular flexibility index (Phi) is 14.5. The van der Waals surface area contributed by atoms with E-state index in [9.17, 15) is 31.4 Å². The Balaban J connectivity index is 1.50. The van der Waals surface area contributed by atoms with Crippen molar-refractivity contribution in [3.8, 4) is 0 Å². The number of aromatic nitrogens is 2. The van der Waals surface area contributed by atoms with Gasteiger partial charge in [0.05, 0.1) is 18.8 Å². The highest BCUT2D eigenvalue weighted by molar-refractivity contribution is 6.11. The van der Waals surface area contributed by atoms with E-state index in [0.717, 1.165) is 58.9 Å². The maximum Gasteiger partial charge on any atom is 0.433 e. The third-order valence-electron chi connectivity index (χ3n) is 12.8. The van der Waals surface area contributed by atoms with Crippen LogP contribution in [0.1, 0.15) is 55.9 Å². The van der Waals surface area contributed by atoms with Crippen LogP contribution in [0.25, 0.3) is 0 Å². The molecule has 0 unspecified atom stereocenters. The third-order valence-corrected chi connectivity index (χ3v) is 12.8. The number of aryl methyl sites for hydroxylation is 4. The lowest BCUT2D eigenvalue weighted by molar-refractivity contribution is -0.170. The number of alkyl halides is 6. The van der Waals surface area contributed by atoms with Crippen molar-refractivity contribution in [2.24, 2.45) is 5.73 Å². The van der Waals surface area contributed by atoms with Gasteiger partial charge in [-0.3, -0.25) is 24.9 Å². The summed E-state index contributed by atoms with van der Waals surface area (Å²) in [4.78, 5) is 43.0. The van der Waals surface area contributed by atoms with E-state index >= 15 is 14.0 Å². The zero-order valence-corrected chi connectivity index (χ0v) is 38.3. The van der Waals surface area contributed by atoms with Crippen molar-refractivity contribution in [1.29, 1.82) is 0 Å². The standard InChI is InChI=1S/C52H51F7N6O4/c1-33-10-18-42(26-35(33)3)64(24-22-37-12-20-44(61-28-37)51(54,55)56)46(66)49(39-8-6-5-7-9-39,63-48(30-60)31-69-32-48)50(68,40-14-16-41(53)17-15-40)47(67)65(43-19-11-34(2)36(4)27-43)25-23-38-13-21-45(62-29-38)52(57,58)59/h5-21,26-29,63,68H,22-25,30-32,60H2,1-4H3/t49-,50-/m1/s1. The van der Waals surface area contributed by atoms with Gasteiger partial charge in [-0.05, 0) is 134 Å². The lowest BCUT2D eigenvalue weighted by atomic mass is 9.67. The number of amides is 2. The van der Waals surface area contributed by atoms with Crippen LogP contribution in [0, 0.1) is 33.5 Å². The largest absolute Gasteiger partial charge is 0.433 e. The fraction of sp³-hybridized carbons (Fsp3) is 0.308. The van der Waals surface area contributed by atoms with Gasteiger partial charge in [0, 0.05) is 43.4 Å². The number of halogens is 7. The monoisotopic (exact) mass is 956 g/mol. The van der Waals surface area contributed by atoms with E-state index in [-0.39, 0.29) is 62.5 Å². The van der Waals surface area contributed by atoms with Crippen molar-refractivity contribution in [2.45, 2.75) is 69.6 Å². The normalized spacial score (nSPS) is 15.4. The van der Waals surface area contributed by atoms with Crippen LogP contribution < -0.4 is 20.9 Å². The lowest BCUT2D eigenvalue weighted by Crippen LogP contribution is -2.79. The number of anilines is 2. The molecule has 0 aliphatic carbocycles. The number of carbonyl (C=O) groups is 2. The van der Waals surface area contributed by atoms with Crippen molar-refractivity contribution in [1.82, 2.24) is 15.3 Å². The van der Waals surface area contributed by atoms with Gasteiger partial charge in [-0.2, -0.15) is 26.3 Å². The molecule has 0 saturated carbocycles.